The molecule has 0 N–H and O–H groups in total. The molecule has 0 spiro atoms. The summed E-state index contributed by atoms with van der Waals surface area (Å²) in [6.45, 7) is 4.41. The SMILES string of the molecule is CC(C)=C1SC2=C(S1)SC(=C1SCCS1)S2. The summed E-state index contributed by atoms with van der Waals surface area (Å²) < 4.78 is 7.61. The Bertz CT molecular complexity index is 397. The molecule has 86 valence electrons. The maximum atomic E-state index is 2.20. The molecule has 0 atom stereocenters. The first-order valence-electron chi connectivity index (χ1n) is 4.87. The summed E-state index contributed by atoms with van der Waals surface area (Å²) in [4.78, 5) is 0. The Morgan fingerprint density at radius 1 is 0.750 bits per heavy atom. The minimum Gasteiger partial charge on any atom is -0.117 e. The predicted molar refractivity (Wildman–Crippen MR) is 87.7 cm³/mol. The molecule has 3 heterocycles. The van der Waals surface area contributed by atoms with Crippen LogP contribution in [0.4, 0.5) is 0 Å². The second-order valence-electron chi connectivity index (χ2n) is 3.54. The first-order chi connectivity index (χ1) is 7.74. The number of hydrogen-bond acceptors (Lipinski definition) is 6. The first kappa shape index (κ1) is 12.4. The fraction of sp³-hybridized carbons (Fsp3) is 0.400. The summed E-state index contributed by atoms with van der Waals surface area (Å²) in [5.41, 5.74) is 1.45. The predicted octanol–water partition coefficient (Wildman–Crippen LogP) is 5.93. The van der Waals surface area contributed by atoms with Crippen LogP contribution in [0.25, 0.3) is 0 Å². The zero-order valence-corrected chi connectivity index (χ0v) is 13.8. The zero-order valence-electron chi connectivity index (χ0n) is 8.86. The van der Waals surface area contributed by atoms with Crippen LogP contribution in [0, 0.1) is 0 Å². The standard InChI is InChI=1S/C10H10S6/c1-5(2)6-13-9-10(14-6)16-8(15-9)7-11-3-4-12-7/h3-4H2,1-2H3. The van der Waals surface area contributed by atoms with Gasteiger partial charge in [0.2, 0.25) is 0 Å². The lowest BCUT2D eigenvalue weighted by Crippen LogP contribution is -1.71. The highest BCUT2D eigenvalue weighted by atomic mass is 32.3. The van der Waals surface area contributed by atoms with Crippen molar-refractivity contribution < 1.29 is 0 Å². The van der Waals surface area contributed by atoms with Crippen LogP contribution in [-0.4, -0.2) is 11.5 Å². The van der Waals surface area contributed by atoms with E-state index in [0.717, 1.165) is 0 Å². The van der Waals surface area contributed by atoms with E-state index < -0.39 is 0 Å². The molecule has 0 aromatic heterocycles. The molecule has 0 amide bonds. The van der Waals surface area contributed by atoms with Crippen LogP contribution in [0.5, 0.6) is 0 Å². The lowest BCUT2D eigenvalue weighted by molar-refractivity contribution is 1.41. The summed E-state index contributed by atoms with van der Waals surface area (Å²) in [5.74, 6) is 2.57. The summed E-state index contributed by atoms with van der Waals surface area (Å²) >= 11 is 12.0. The molecular formula is C10H10S6. The molecule has 0 aliphatic carbocycles. The average molecular weight is 323 g/mol. The Morgan fingerprint density at radius 2 is 1.25 bits per heavy atom. The molecule has 3 aliphatic rings. The van der Waals surface area contributed by atoms with Crippen molar-refractivity contribution in [2.75, 3.05) is 11.5 Å². The van der Waals surface area contributed by atoms with E-state index in [1.807, 2.05) is 70.6 Å². The van der Waals surface area contributed by atoms with Gasteiger partial charge < -0.3 is 0 Å². The van der Waals surface area contributed by atoms with Crippen molar-refractivity contribution in [3.8, 4) is 0 Å². The number of rotatable bonds is 0. The lowest BCUT2D eigenvalue weighted by atomic mass is 10.4. The molecule has 1 fully saturated rings. The van der Waals surface area contributed by atoms with Crippen LogP contribution in [-0.2, 0) is 0 Å². The number of thioether (sulfide) groups is 6. The van der Waals surface area contributed by atoms with Crippen molar-refractivity contribution in [1.82, 2.24) is 0 Å². The highest BCUT2D eigenvalue weighted by molar-refractivity contribution is 8.48. The minimum atomic E-state index is 1.29. The number of hydrogen-bond donors (Lipinski definition) is 0. The Morgan fingerprint density at radius 3 is 1.75 bits per heavy atom. The van der Waals surface area contributed by atoms with E-state index in [1.165, 1.54) is 34.0 Å². The van der Waals surface area contributed by atoms with Crippen LogP contribution in [0.2, 0.25) is 0 Å². The van der Waals surface area contributed by atoms with Crippen molar-refractivity contribution >= 4 is 70.6 Å². The van der Waals surface area contributed by atoms with Crippen LogP contribution in [0.15, 0.2) is 26.8 Å². The van der Waals surface area contributed by atoms with Crippen molar-refractivity contribution in [3.63, 3.8) is 0 Å². The Hall–Kier alpha value is 1.32. The topological polar surface area (TPSA) is 0 Å². The van der Waals surface area contributed by atoms with Gasteiger partial charge in [0.25, 0.3) is 0 Å². The molecule has 0 nitrogen and oxygen atoms in total. The molecule has 3 rings (SSSR count). The highest BCUT2D eigenvalue weighted by Gasteiger charge is 2.32. The maximum Gasteiger partial charge on any atom is 0.0717 e. The van der Waals surface area contributed by atoms with Gasteiger partial charge in [-0.05, 0) is 13.8 Å². The van der Waals surface area contributed by atoms with Crippen molar-refractivity contribution in [2.45, 2.75) is 13.8 Å². The lowest BCUT2D eigenvalue weighted by Gasteiger charge is -2.05. The van der Waals surface area contributed by atoms with Gasteiger partial charge in [-0.2, -0.15) is 0 Å². The second-order valence-corrected chi connectivity index (χ2v) is 11.1. The second kappa shape index (κ2) is 5.13. The molecule has 0 bridgehead atoms. The Balaban J connectivity index is 1.76. The zero-order chi connectivity index (χ0) is 11.1. The fourth-order valence-corrected chi connectivity index (χ4v) is 10.5. The molecule has 0 unspecified atom stereocenters. The Labute approximate surface area is 122 Å². The van der Waals surface area contributed by atoms with Gasteiger partial charge in [0.1, 0.15) is 0 Å². The van der Waals surface area contributed by atoms with Gasteiger partial charge in [-0.15, -0.1) is 23.5 Å². The summed E-state index contributed by atoms with van der Waals surface area (Å²) in [6.07, 6.45) is 0. The number of allylic oxidation sites excluding steroid dienone is 1. The van der Waals surface area contributed by atoms with E-state index in [4.69, 9.17) is 0 Å². The van der Waals surface area contributed by atoms with Crippen LogP contribution in [0.1, 0.15) is 13.8 Å². The molecule has 16 heavy (non-hydrogen) atoms. The van der Waals surface area contributed by atoms with Gasteiger partial charge in [0.05, 0.1) is 16.9 Å². The largest absolute Gasteiger partial charge is 0.117 e. The molecular weight excluding hydrogens is 313 g/mol. The fourth-order valence-electron chi connectivity index (χ4n) is 1.30. The first-order valence-corrected chi connectivity index (χ1v) is 10.1. The van der Waals surface area contributed by atoms with Crippen LogP contribution >= 0.6 is 70.6 Å². The molecule has 0 aromatic carbocycles. The van der Waals surface area contributed by atoms with Gasteiger partial charge in [-0.25, -0.2) is 0 Å². The van der Waals surface area contributed by atoms with Gasteiger partial charge in [0.15, 0.2) is 0 Å². The Kier molecular flexibility index (Phi) is 3.96. The van der Waals surface area contributed by atoms with E-state index >= 15 is 0 Å². The monoisotopic (exact) mass is 322 g/mol. The van der Waals surface area contributed by atoms with Crippen molar-refractivity contribution in [1.29, 1.82) is 0 Å². The summed E-state index contributed by atoms with van der Waals surface area (Å²) in [5, 5.41) is 0. The van der Waals surface area contributed by atoms with Gasteiger partial charge in [-0.3, -0.25) is 0 Å². The summed E-state index contributed by atoms with van der Waals surface area (Å²) in [6, 6.07) is 0. The molecule has 1 saturated heterocycles. The highest BCUT2D eigenvalue weighted by Crippen LogP contribution is 2.68. The minimum absolute atomic E-state index is 1.29. The molecule has 0 saturated carbocycles. The van der Waals surface area contributed by atoms with Crippen molar-refractivity contribution in [2.24, 2.45) is 0 Å². The summed E-state index contributed by atoms with van der Waals surface area (Å²) in [7, 11) is 0. The average Bonchev–Trinajstić information content (AvgIpc) is 2.91. The van der Waals surface area contributed by atoms with E-state index in [2.05, 4.69) is 13.8 Å². The molecule has 0 aromatic rings. The van der Waals surface area contributed by atoms with E-state index in [-0.39, 0.29) is 0 Å². The third-order valence-electron chi connectivity index (χ3n) is 2.03. The quantitative estimate of drug-likeness (QED) is 0.538. The molecule has 6 heteroatoms. The third kappa shape index (κ3) is 2.38. The van der Waals surface area contributed by atoms with Gasteiger partial charge in [-0.1, -0.05) is 52.6 Å². The molecule has 0 radical (unpaired) electrons. The van der Waals surface area contributed by atoms with Crippen molar-refractivity contribution in [3.05, 3.63) is 26.8 Å². The van der Waals surface area contributed by atoms with E-state index in [9.17, 15) is 0 Å². The normalized spacial score (nSPS) is 24.8. The third-order valence-corrected chi connectivity index (χ3v) is 11.3. The van der Waals surface area contributed by atoms with E-state index in [0.29, 0.717) is 0 Å². The van der Waals surface area contributed by atoms with Gasteiger partial charge in [0, 0.05) is 15.7 Å². The van der Waals surface area contributed by atoms with E-state index in [1.54, 1.807) is 4.24 Å². The maximum absolute atomic E-state index is 2.20. The smallest absolute Gasteiger partial charge is 0.0717 e. The van der Waals surface area contributed by atoms with Gasteiger partial charge >= 0.3 is 0 Å². The van der Waals surface area contributed by atoms with Crippen LogP contribution < -0.4 is 0 Å². The van der Waals surface area contributed by atoms with Crippen LogP contribution in [0.3, 0.4) is 0 Å². The molecule has 3 aliphatic heterocycles.